The predicted octanol–water partition coefficient (Wildman–Crippen LogP) is 9.54. The Morgan fingerprint density at radius 1 is 0.319 bits per heavy atom. The summed E-state index contributed by atoms with van der Waals surface area (Å²) in [7, 11) is 0. The maximum absolute atomic E-state index is 4.75. The van der Waals surface area contributed by atoms with Crippen LogP contribution in [0.2, 0.25) is 0 Å². The minimum Gasteiger partial charge on any atom is -0.310 e. The van der Waals surface area contributed by atoms with Gasteiger partial charge in [0.25, 0.3) is 0 Å². The molecular weight excluding hydrogens is 601 g/mol. The van der Waals surface area contributed by atoms with Gasteiger partial charge in [-0.15, -0.1) is 0 Å². The number of anilines is 6. The molecule has 0 aliphatic rings. The quantitative estimate of drug-likeness (QED) is 0.165. The topological polar surface area (TPSA) is 83.8 Å². The van der Waals surface area contributed by atoms with Crippen molar-refractivity contribution in [2.45, 2.75) is 0 Å². The molecule has 0 saturated carbocycles. The number of rotatable bonds is 8. The second kappa shape index (κ2) is 12.6. The van der Waals surface area contributed by atoms with Gasteiger partial charge in [-0.3, -0.25) is 19.9 Å². The summed E-state index contributed by atoms with van der Waals surface area (Å²) in [6, 6.07) is 37.4. The Morgan fingerprint density at radius 3 is 0.894 bits per heavy atom. The zero-order valence-electron chi connectivity index (χ0n) is 25.0. The van der Waals surface area contributed by atoms with Crippen molar-refractivity contribution in [3.8, 4) is 22.3 Å². The molecule has 0 unspecified atom stereocenters. The lowest BCUT2D eigenvalue weighted by Gasteiger charge is -2.25. The van der Waals surface area contributed by atoms with Crippen molar-refractivity contribution in [3.63, 3.8) is 0 Å². The normalized spacial score (nSPS) is 11.0. The fourth-order valence-electron chi connectivity index (χ4n) is 5.78. The molecule has 0 spiro atoms. The number of hydrogen-bond acceptors (Lipinski definition) is 9. The van der Waals surface area contributed by atoms with E-state index in [1.54, 1.807) is 49.6 Å². The van der Waals surface area contributed by atoms with Crippen LogP contribution in [0.3, 0.4) is 0 Å². The van der Waals surface area contributed by atoms with E-state index in [9.17, 15) is 0 Å². The molecule has 3 aromatic carbocycles. The van der Waals surface area contributed by atoms with E-state index in [-0.39, 0.29) is 0 Å². The molecular formula is C38H26N8S. The molecule has 0 N–H and O–H groups in total. The SMILES string of the molecule is c1cc(N(c2ccncc2)c2ccc(-c3ccc(-c4ccc(N(c5ccncc5)c5ccncc5)cc4)c4nsnc34)cc2)ccn1. The Balaban J connectivity index is 1.12. The van der Waals surface area contributed by atoms with Crippen LogP contribution in [0.1, 0.15) is 0 Å². The number of hydrogen-bond donors (Lipinski definition) is 0. The first-order valence-electron chi connectivity index (χ1n) is 15.0. The molecule has 5 aromatic heterocycles. The van der Waals surface area contributed by atoms with Gasteiger partial charge in [0.15, 0.2) is 0 Å². The van der Waals surface area contributed by atoms with Crippen LogP contribution in [0.15, 0.2) is 159 Å². The molecule has 0 aliphatic carbocycles. The minimum absolute atomic E-state index is 0.889. The molecule has 0 amide bonds. The molecule has 0 saturated heterocycles. The first-order chi connectivity index (χ1) is 23.3. The van der Waals surface area contributed by atoms with Crippen molar-refractivity contribution in [1.29, 1.82) is 0 Å². The number of aromatic nitrogens is 6. The van der Waals surface area contributed by atoms with Gasteiger partial charge < -0.3 is 9.80 Å². The standard InChI is InChI=1S/C38H26N8S/c1-5-29(45(31-11-19-39-20-12-31)32-13-21-40-22-14-32)6-2-27(1)35-9-10-36(38-37(35)43-47-44-38)28-3-7-30(8-4-28)46(33-15-23-41-24-16-33)34-17-25-42-26-18-34/h1-26H. The van der Waals surface area contributed by atoms with Crippen LogP contribution in [0.25, 0.3) is 33.3 Å². The molecule has 0 bridgehead atoms. The van der Waals surface area contributed by atoms with Gasteiger partial charge in [0.1, 0.15) is 11.0 Å². The van der Waals surface area contributed by atoms with Crippen molar-refractivity contribution < 1.29 is 0 Å². The molecule has 0 aliphatic heterocycles. The van der Waals surface area contributed by atoms with E-state index in [4.69, 9.17) is 8.75 Å². The molecule has 8 nitrogen and oxygen atoms in total. The minimum atomic E-state index is 0.889. The van der Waals surface area contributed by atoms with Crippen molar-refractivity contribution in [2.24, 2.45) is 0 Å². The van der Waals surface area contributed by atoms with Gasteiger partial charge in [-0.1, -0.05) is 36.4 Å². The number of benzene rings is 3. The number of fused-ring (bicyclic) bond motifs is 1. The highest BCUT2D eigenvalue weighted by Crippen LogP contribution is 2.39. The largest absolute Gasteiger partial charge is 0.310 e. The fraction of sp³-hybridized carbons (Fsp3) is 0. The van der Waals surface area contributed by atoms with E-state index in [0.717, 1.165) is 67.4 Å². The van der Waals surface area contributed by atoms with Gasteiger partial charge in [-0.25, -0.2) is 0 Å². The Kier molecular flexibility index (Phi) is 7.54. The van der Waals surface area contributed by atoms with Gasteiger partial charge >= 0.3 is 0 Å². The molecule has 224 valence electrons. The summed E-state index contributed by atoms with van der Waals surface area (Å²) in [6.07, 6.45) is 14.4. The van der Waals surface area contributed by atoms with Crippen molar-refractivity contribution >= 4 is 56.9 Å². The molecule has 8 rings (SSSR count). The average Bonchev–Trinajstić information content (AvgIpc) is 3.65. The van der Waals surface area contributed by atoms with E-state index in [1.165, 1.54) is 11.7 Å². The first-order valence-corrected chi connectivity index (χ1v) is 15.7. The van der Waals surface area contributed by atoms with Crippen molar-refractivity contribution in [1.82, 2.24) is 28.7 Å². The Bertz CT molecular complexity index is 1990. The Hall–Kier alpha value is -6.32. The van der Waals surface area contributed by atoms with E-state index >= 15 is 0 Å². The molecule has 8 aromatic rings. The van der Waals surface area contributed by atoms with Crippen molar-refractivity contribution in [3.05, 3.63) is 159 Å². The smallest absolute Gasteiger partial charge is 0.113 e. The van der Waals surface area contributed by atoms with Crippen LogP contribution in [-0.4, -0.2) is 28.7 Å². The lowest BCUT2D eigenvalue weighted by Crippen LogP contribution is -2.09. The highest BCUT2D eigenvalue weighted by molar-refractivity contribution is 7.00. The van der Waals surface area contributed by atoms with Gasteiger partial charge in [0.2, 0.25) is 0 Å². The maximum atomic E-state index is 4.75. The van der Waals surface area contributed by atoms with E-state index in [1.807, 2.05) is 48.5 Å². The lowest BCUT2D eigenvalue weighted by atomic mass is 9.97. The number of nitrogens with zero attached hydrogens (tertiary/aromatic N) is 8. The third kappa shape index (κ3) is 5.56. The second-order valence-electron chi connectivity index (χ2n) is 10.7. The second-order valence-corrected chi connectivity index (χ2v) is 11.2. The average molecular weight is 627 g/mol. The third-order valence-electron chi connectivity index (χ3n) is 7.97. The summed E-state index contributed by atoms with van der Waals surface area (Å²) in [6.45, 7) is 0. The Labute approximate surface area is 275 Å². The van der Waals surface area contributed by atoms with Gasteiger partial charge in [-0.05, 0) is 83.9 Å². The highest BCUT2D eigenvalue weighted by atomic mass is 32.1. The summed E-state index contributed by atoms with van der Waals surface area (Å²) >= 11 is 1.24. The fourth-order valence-corrected chi connectivity index (χ4v) is 6.35. The van der Waals surface area contributed by atoms with Gasteiger partial charge in [0.05, 0.1) is 11.7 Å². The first kappa shape index (κ1) is 28.2. The maximum Gasteiger partial charge on any atom is 0.113 e. The molecule has 47 heavy (non-hydrogen) atoms. The molecule has 0 radical (unpaired) electrons. The molecule has 0 atom stereocenters. The summed E-state index contributed by atoms with van der Waals surface area (Å²) in [5.74, 6) is 0. The zero-order valence-corrected chi connectivity index (χ0v) is 25.8. The van der Waals surface area contributed by atoms with Gasteiger partial charge in [0, 0.05) is 94.8 Å². The third-order valence-corrected chi connectivity index (χ3v) is 8.50. The van der Waals surface area contributed by atoms with E-state index in [2.05, 4.69) is 90.4 Å². The molecule has 5 heterocycles. The zero-order chi connectivity index (χ0) is 31.4. The highest BCUT2D eigenvalue weighted by Gasteiger charge is 2.17. The summed E-state index contributed by atoms with van der Waals surface area (Å²) in [4.78, 5) is 21.2. The van der Waals surface area contributed by atoms with Crippen LogP contribution in [0, 0.1) is 0 Å². The summed E-state index contributed by atoms with van der Waals surface area (Å²) < 4.78 is 9.49. The van der Waals surface area contributed by atoms with E-state index < -0.39 is 0 Å². The van der Waals surface area contributed by atoms with Crippen molar-refractivity contribution in [2.75, 3.05) is 9.80 Å². The summed E-state index contributed by atoms with van der Waals surface area (Å²) in [5.41, 5.74) is 12.1. The molecule has 9 heteroatoms. The lowest BCUT2D eigenvalue weighted by molar-refractivity contribution is 1.22. The number of pyridine rings is 4. The predicted molar refractivity (Wildman–Crippen MR) is 189 cm³/mol. The van der Waals surface area contributed by atoms with Crippen LogP contribution in [-0.2, 0) is 0 Å². The molecule has 0 fully saturated rings. The van der Waals surface area contributed by atoms with Crippen LogP contribution < -0.4 is 9.80 Å². The summed E-state index contributed by atoms with van der Waals surface area (Å²) in [5, 5.41) is 0. The van der Waals surface area contributed by atoms with Gasteiger partial charge in [-0.2, -0.15) is 8.75 Å². The Morgan fingerprint density at radius 2 is 0.596 bits per heavy atom. The van der Waals surface area contributed by atoms with Crippen LogP contribution in [0.4, 0.5) is 34.1 Å². The van der Waals surface area contributed by atoms with Crippen LogP contribution >= 0.6 is 11.7 Å². The van der Waals surface area contributed by atoms with E-state index in [0.29, 0.717) is 0 Å². The monoisotopic (exact) mass is 626 g/mol. The van der Waals surface area contributed by atoms with Crippen LogP contribution in [0.5, 0.6) is 0 Å².